The Balaban J connectivity index is 2.94. The van der Waals surface area contributed by atoms with Crippen molar-refractivity contribution in [2.24, 2.45) is 0 Å². The van der Waals surface area contributed by atoms with Gasteiger partial charge in [0, 0.05) is 15.8 Å². The Morgan fingerprint density at radius 2 is 1.77 bits per heavy atom. The third kappa shape index (κ3) is 1.27. The van der Waals surface area contributed by atoms with Gasteiger partial charge in [-0.05, 0) is 31.0 Å². The van der Waals surface area contributed by atoms with Gasteiger partial charge < -0.3 is 0 Å². The zero-order valence-electron chi connectivity index (χ0n) is 7.50. The molecule has 1 heterocycles. The SMILES string of the molecule is Cc1c(Cl)cc2cnncc2c1C. The van der Waals surface area contributed by atoms with Crippen LogP contribution >= 0.6 is 11.6 Å². The summed E-state index contributed by atoms with van der Waals surface area (Å²) in [7, 11) is 0. The molecule has 0 atom stereocenters. The highest BCUT2D eigenvalue weighted by Crippen LogP contribution is 2.26. The van der Waals surface area contributed by atoms with Crippen LogP contribution in [0, 0.1) is 13.8 Å². The summed E-state index contributed by atoms with van der Waals surface area (Å²) in [5.41, 5.74) is 2.29. The Hall–Kier alpha value is -1.15. The molecule has 3 heteroatoms. The van der Waals surface area contributed by atoms with Crippen molar-refractivity contribution in [2.45, 2.75) is 13.8 Å². The van der Waals surface area contributed by atoms with Crippen LogP contribution < -0.4 is 0 Å². The summed E-state index contributed by atoms with van der Waals surface area (Å²) >= 11 is 6.04. The first-order valence-corrected chi connectivity index (χ1v) is 4.44. The summed E-state index contributed by atoms with van der Waals surface area (Å²) in [6.07, 6.45) is 3.50. The standard InChI is InChI=1S/C10H9ClN2/c1-6-7(2)10(11)3-8-4-12-13-5-9(6)8/h3-5H,1-2H3. The monoisotopic (exact) mass is 192 g/mol. The quantitative estimate of drug-likeness (QED) is 0.642. The predicted molar refractivity (Wildman–Crippen MR) is 54.0 cm³/mol. The summed E-state index contributed by atoms with van der Waals surface area (Å²) in [5, 5.41) is 10.6. The zero-order chi connectivity index (χ0) is 9.42. The van der Waals surface area contributed by atoms with Crippen LogP contribution in [0.2, 0.25) is 5.02 Å². The van der Waals surface area contributed by atoms with E-state index in [2.05, 4.69) is 10.2 Å². The van der Waals surface area contributed by atoms with E-state index < -0.39 is 0 Å². The van der Waals surface area contributed by atoms with Crippen LogP contribution in [0.3, 0.4) is 0 Å². The maximum atomic E-state index is 6.04. The number of fused-ring (bicyclic) bond motifs is 1. The van der Waals surface area contributed by atoms with E-state index in [4.69, 9.17) is 11.6 Å². The minimum atomic E-state index is 0.790. The molecule has 0 bridgehead atoms. The molecule has 0 unspecified atom stereocenters. The molecule has 1 aromatic carbocycles. The molecule has 66 valence electrons. The van der Waals surface area contributed by atoms with E-state index in [1.165, 1.54) is 5.56 Å². The van der Waals surface area contributed by atoms with Crippen LogP contribution in [0.1, 0.15) is 11.1 Å². The third-order valence-electron chi connectivity index (χ3n) is 2.37. The number of nitrogens with zero attached hydrogens (tertiary/aromatic N) is 2. The van der Waals surface area contributed by atoms with Gasteiger partial charge >= 0.3 is 0 Å². The lowest BCUT2D eigenvalue weighted by atomic mass is 10.0. The summed E-state index contributed by atoms with van der Waals surface area (Å²) in [6.45, 7) is 4.06. The maximum Gasteiger partial charge on any atom is 0.0577 e. The van der Waals surface area contributed by atoms with Crippen LogP contribution in [0.5, 0.6) is 0 Å². The smallest absolute Gasteiger partial charge is 0.0577 e. The van der Waals surface area contributed by atoms with Gasteiger partial charge in [-0.2, -0.15) is 10.2 Å². The van der Waals surface area contributed by atoms with E-state index in [0.29, 0.717) is 0 Å². The molecule has 0 N–H and O–H groups in total. The van der Waals surface area contributed by atoms with Gasteiger partial charge in [-0.1, -0.05) is 11.6 Å². The van der Waals surface area contributed by atoms with Crippen LogP contribution in [0.15, 0.2) is 18.5 Å². The molecule has 2 rings (SSSR count). The number of halogens is 1. The number of rotatable bonds is 0. The van der Waals surface area contributed by atoms with Crippen LogP contribution in [0.4, 0.5) is 0 Å². The van der Waals surface area contributed by atoms with Gasteiger partial charge in [0.15, 0.2) is 0 Å². The molecule has 0 saturated carbocycles. The molecular formula is C10H9ClN2. The van der Waals surface area contributed by atoms with Crippen LogP contribution in [-0.2, 0) is 0 Å². The second-order valence-electron chi connectivity index (χ2n) is 3.10. The van der Waals surface area contributed by atoms with Crippen molar-refractivity contribution in [2.75, 3.05) is 0 Å². The number of hydrogen-bond donors (Lipinski definition) is 0. The maximum absolute atomic E-state index is 6.04. The van der Waals surface area contributed by atoms with Crippen LogP contribution in [-0.4, -0.2) is 10.2 Å². The van der Waals surface area contributed by atoms with Crippen molar-refractivity contribution in [3.8, 4) is 0 Å². The van der Waals surface area contributed by atoms with Gasteiger partial charge in [0.05, 0.1) is 12.4 Å². The molecular weight excluding hydrogens is 184 g/mol. The largest absolute Gasteiger partial charge is 0.158 e. The van der Waals surface area contributed by atoms with Crippen molar-refractivity contribution < 1.29 is 0 Å². The fraction of sp³-hybridized carbons (Fsp3) is 0.200. The molecule has 1 aromatic heterocycles. The highest BCUT2D eigenvalue weighted by Gasteiger charge is 2.04. The van der Waals surface area contributed by atoms with Gasteiger partial charge in [-0.3, -0.25) is 0 Å². The lowest BCUT2D eigenvalue weighted by Crippen LogP contribution is -1.88. The Morgan fingerprint density at radius 3 is 2.54 bits per heavy atom. The van der Waals surface area contributed by atoms with Crippen LogP contribution in [0.25, 0.3) is 10.8 Å². The van der Waals surface area contributed by atoms with E-state index in [-0.39, 0.29) is 0 Å². The fourth-order valence-electron chi connectivity index (χ4n) is 1.38. The van der Waals surface area contributed by atoms with Gasteiger partial charge in [0.2, 0.25) is 0 Å². The minimum Gasteiger partial charge on any atom is -0.158 e. The summed E-state index contributed by atoms with van der Waals surface area (Å²) < 4.78 is 0. The van der Waals surface area contributed by atoms with Crippen molar-refractivity contribution in [3.63, 3.8) is 0 Å². The first-order valence-electron chi connectivity index (χ1n) is 4.06. The average Bonchev–Trinajstić information content (AvgIpc) is 2.15. The molecule has 2 nitrogen and oxygen atoms in total. The Bertz CT molecular complexity index is 466. The van der Waals surface area contributed by atoms with Crippen molar-refractivity contribution in [1.82, 2.24) is 10.2 Å². The lowest BCUT2D eigenvalue weighted by molar-refractivity contribution is 1.05. The molecule has 0 saturated heterocycles. The summed E-state index contributed by atoms with van der Waals surface area (Å²) in [6, 6.07) is 1.92. The second-order valence-corrected chi connectivity index (χ2v) is 3.51. The van der Waals surface area contributed by atoms with E-state index in [1.54, 1.807) is 12.4 Å². The Kier molecular flexibility index (Phi) is 1.93. The average molecular weight is 193 g/mol. The summed E-state index contributed by atoms with van der Waals surface area (Å²) in [5.74, 6) is 0. The molecule has 0 aliphatic carbocycles. The molecule has 0 aliphatic heterocycles. The molecule has 0 aliphatic rings. The van der Waals surface area contributed by atoms with Gasteiger partial charge in [-0.15, -0.1) is 0 Å². The van der Waals surface area contributed by atoms with E-state index in [1.807, 2.05) is 19.9 Å². The highest BCUT2D eigenvalue weighted by molar-refractivity contribution is 6.32. The van der Waals surface area contributed by atoms with Gasteiger partial charge in [0.25, 0.3) is 0 Å². The topological polar surface area (TPSA) is 25.8 Å². The number of aryl methyl sites for hydroxylation is 1. The highest BCUT2D eigenvalue weighted by atomic mass is 35.5. The second kappa shape index (κ2) is 2.96. The Morgan fingerprint density at radius 1 is 1.08 bits per heavy atom. The third-order valence-corrected chi connectivity index (χ3v) is 2.76. The molecule has 0 fully saturated rings. The molecule has 2 aromatic rings. The van der Waals surface area contributed by atoms with Crippen molar-refractivity contribution >= 4 is 22.4 Å². The van der Waals surface area contributed by atoms with Crippen molar-refractivity contribution in [1.29, 1.82) is 0 Å². The molecule has 0 spiro atoms. The zero-order valence-corrected chi connectivity index (χ0v) is 8.26. The number of hydrogen-bond acceptors (Lipinski definition) is 2. The van der Waals surface area contributed by atoms with Gasteiger partial charge in [0.1, 0.15) is 0 Å². The first kappa shape index (κ1) is 8.45. The lowest BCUT2D eigenvalue weighted by Gasteiger charge is -2.06. The van der Waals surface area contributed by atoms with E-state index in [0.717, 1.165) is 21.4 Å². The van der Waals surface area contributed by atoms with Crippen molar-refractivity contribution in [3.05, 3.63) is 34.6 Å². The number of aromatic nitrogens is 2. The molecule has 0 amide bonds. The number of benzene rings is 1. The molecule has 0 radical (unpaired) electrons. The van der Waals surface area contributed by atoms with E-state index in [9.17, 15) is 0 Å². The predicted octanol–water partition coefficient (Wildman–Crippen LogP) is 2.90. The normalized spacial score (nSPS) is 10.7. The fourth-order valence-corrected chi connectivity index (χ4v) is 1.64. The molecule has 13 heavy (non-hydrogen) atoms. The Labute approximate surface area is 81.6 Å². The first-order chi connectivity index (χ1) is 6.20. The summed E-state index contributed by atoms with van der Waals surface area (Å²) in [4.78, 5) is 0. The van der Waals surface area contributed by atoms with Gasteiger partial charge in [-0.25, -0.2) is 0 Å². The minimum absolute atomic E-state index is 0.790. The van der Waals surface area contributed by atoms with E-state index >= 15 is 0 Å².